The molecule has 0 saturated carbocycles. The average Bonchev–Trinajstić information content (AvgIpc) is 3.13. The molecule has 0 aromatic carbocycles. The lowest BCUT2D eigenvalue weighted by Crippen LogP contribution is -2.46. The van der Waals surface area contributed by atoms with Crippen molar-refractivity contribution in [2.45, 2.75) is 45.3 Å². The van der Waals surface area contributed by atoms with Gasteiger partial charge in [0.05, 0.1) is 11.0 Å². The van der Waals surface area contributed by atoms with E-state index in [4.69, 9.17) is 0 Å². The van der Waals surface area contributed by atoms with Crippen LogP contribution >= 0.6 is 11.3 Å². The van der Waals surface area contributed by atoms with Crippen molar-refractivity contribution in [2.75, 3.05) is 13.1 Å². The van der Waals surface area contributed by atoms with Crippen molar-refractivity contribution in [3.8, 4) is 0 Å². The van der Waals surface area contributed by atoms with Gasteiger partial charge in [0.2, 0.25) is 5.91 Å². The predicted octanol–water partition coefficient (Wildman–Crippen LogP) is 1.88. The maximum atomic E-state index is 12.4. The van der Waals surface area contributed by atoms with Crippen molar-refractivity contribution >= 4 is 23.2 Å². The van der Waals surface area contributed by atoms with Gasteiger partial charge in [-0.1, -0.05) is 13.0 Å². The quantitative estimate of drug-likeness (QED) is 0.839. The molecule has 0 aliphatic carbocycles. The normalized spacial score (nSPS) is 20.7. The Morgan fingerprint density at radius 1 is 1.50 bits per heavy atom. The van der Waals surface area contributed by atoms with Gasteiger partial charge in [0.15, 0.2) is 0 Å². The summed E-state index contributed by atoms with van der Waals surface area (Å²) >= 11 is 1.41. The van der Waals surface area contributed by atoms with Crippen molar-refractivity contribution in [2.24, 2.45) is 5.92 Å². The largest absolute Gasteiger partial charge is 0.393 e. The highest BCUT2D eigenvalue weighted by molar-refractivity contribution is 7.12. The van der Waals surface area contributed by atoms with Crippen LogP contribution in [0.2, 0.25) is 0 Å². The molecule has 1 fully saturated rings. The van der Waals surface area contributed by atoms with Crippen molar-refractivity contribution in [1.29, 1.82) is 0 Å². The average molecular weight is 324 g/mol. The third-order valence-corrected chi connectivity index (χ3v) is 4.77. The zero-order chi connectivity index (χ0) is 16.1. The fraction of sp³-hybridized carbons (Fsp3) is 0.625. The zero-order valence-corrected chi connectivity index (χ0v) is 13.9. The molecule has 0 spiro atoms. The molecule has 1 saturated heterocycles. The van der Waals surface area contributed by atoms with Gasteiger partial charge in [-0.2, -0.15) is 0 Å². The van der Waals surface area contributed by atoms with Crippen molar-refractivity contribution < 1.29 is 14.7 Å². The molecular weight excluding hydrogens is 300 g/mol. The van der Waals surface area contributed by atoms with Crippen LogP contribution in [0.4, 0.5) is 0 Å². The van der Waals surface area contributed by atoms with Gasteiger partial charge in [0.1, 0.15) is 6.04 Å². The molecule has 3 atom stereocenters. The van der Waals surface area contributed by atoms with Crippen LogP contribution in [-0.4, -0.2) is 47.1 Å². The fourth-order valence-corrected chi connectivity index (χ4v) is 3.56. The number of likely N-dealkylation sites (tertiary alicyclic amines) is 1. The number of carbonyl (C=O) groups excluding carboxylic acids is 2. The Hall–Kier alpha value is -1.40. The van der Waals surface area contributed by atoms with E-state index in [1.807, 2.05) is 18.4 Å². The summed E-state index contributed by atoms with van der Waals surface area (Å²) in [5.41, 5.74) is 0. The maximum Gasteiger partial charge on any atom is 0.264 e. The van der Waals surface area contributed by atoms with Gasteiger partial charge in [-0.3, -0.25) is 9.59 Å². The number of amides is 2. The van der Waals surface area contributed by atoms with Gasteiger partial charge in [-0.05, 0) is 43.6 Å². The molecule has 5 nitrogen and oxygen atoms in total. The second kappa shape index (κ2) is 7.74. The van der Waals surface area contributed by atoms with E-state index in [1.54, 1.807) is 17.9 Å². The zero-order valence-electron chi connectivity index (χ0n) is 13.1. The van der Waals surface area contributed by atoms with Gasteiger partial charge in [0.25, 0.3) is 5.91 Å². The molecule has 2 heterocycles. The van der Waals surface area contributed by atoms with E-state index in [2.05, 4.69) is 5.32 Å². The molecule has 2 unspecified atom stereocenters. The number of carbonyl (C=O) groups is 2. The van der Waals surface area contributed by atoms with E-state index in [0.29, 0.717) is 30.8 Å². The number of aliphatic hydroxyl groups is 1. The van der Waals surface area contributed by atoms with Gasteiger partial charge in [-0.25, -0.2) is 0 Å². The first kappa shape index (κ1) is 17.0. The van der Waals surface area contributed by atoms with E-state index >= 15 is 0 Å². The first-order valence-corrected chi connectivity index (χ1v) is 8.67. The molecule has 22 heavy (non-hydrogen) atoms. The summed E-state index contributed by atoms with van der Waals surface area (Å²) in [5.74, 6) is 0.0799. The van der Waals surface area contributed by atoms with E-state index in [0.717, 1.165) is 6.42 Å². The van der Waals surface area contributed by atoms with E-state index in [-0.39, 0.29) is 29.9 Å². The lowest BCUT2D eigenvalue weighted by molar-refractivity contribution is -0.125. The topological polar surface area (TPSA) is 69.6 Å². The van der Waals surface area contributed by atoms with Gasteiger partial charge in [0, 0.05) is 13.1 Å². The lowest BCUT2D eigenvalue weighted by Gasteiger charge is -2.24. The van der Waals surface area contributed by atoms with Crippen molar-refractivity contribution in [3.63, 3.8) is 0 Å². The summed E-state index contributed by atoms with van der Waals surface area (Å²) in [6.07, 6.45) is 1.87. The minimum atomic E-state index is -0.367. The summed E-state index contributed by atoms with van der Waals surface area (Å²) in [6, 6.07) is 3.28. The highest BCUT2D eigenvalue weighted by Gasteiger charge is 2.34. The molecule has 1 aromatic heterocycles. The monoisotopic (exact) mass is 324 g/mol. The van der Waals surface area contributed by atoms with Crippen LogP contribution in [-0.2, 0) is 4.79 Å². The number of nitrogens with one attached hydrogen (secondary N) is 1. The van der Waals surface area contributed by atoms with Crippen LogP contribution in [0.5, 0.6) is 0 Å². The minimum Gasteiger partial charge on any atom is -0.393 e. The Labute approximate surface area is 135 Å². The Morgan fingerprint density at radius 2 is 2.27 bits per heavy atom. The first-order valence-electron chi connectivity index (χ1n) is 7.79. The molecule has 122 valence electrons. The SMILES string of the molecule is CC(O)CC(C)CNC(=O)[C@@H]1CCCN1C(=O)c1cccs1. The number of hydrogen-bond acceptors (Lipinski definition) is 4. The van der Waals surface area contributed by atoms with Gasteiger partial charge < -0.3 is 15.3 Å². The summed E-state index contributed by atoms with van der Waals surface area (Å²) in [5, 5.41) is 14.1. The molecule has 1 aliphatic heterocycles. The van der Waals surface area contributed by atoms with E-state index < -0.39 is 0 Å². The van der Waals surface area contributed by atoms with E-state index in [1.165, 1.54) is 11.3 Å². The van der Waals surface area contributed by atoms with Crippen LogP contribution in [0, 0.1) is 5.92 Å². The number of rotatable bonds is 6. The molecule has 0 bridgehead atoms. The van der Waals surface area contributed by atoms with Gasteiger partial charge >= 0.3 is 0 Å². The number of aliphatic hydroxyl groups excluding tert-OH is 1. The van der Waals surface area contributed by atoms with E-state index in [9.17, 15) is 14.7 Å². The number of nitrogens with zero attached hydrogens (tertiary/aromatic N) is 1. The molecular formula is C16H24N2O3S. The second-order valence-corrected chi connectivity index (χ2v) is 7.02. The fourth-order valence-electron chi connectivity index (χ4n) is 2.88. The molecule has 2 N–H and O–H groups in total. The van der Waals surface area contributed by atoms with Crippen LogP contribution in [0.3, 0.4) is 0 Å². The highest BCUT2D eigenvalue weighted by Crippen LogP contribution is 2.22. The third kappa shape index (κ3) is 4.30. The first-order chi connectivity index (χ1) is 10.5. The van der Waals surface area contributed by atoms with Gasteiger partial charge in [-0.15, -0.1) is 11.3 Å². The summed E-state index contributed by atoms with van der Waals surface area (Å²) in [4.78, 5) is 27.1. The Morgan fingerprint density at radius 3 is 2.91 bits per heavy atom. The smallest absolute Gasteiger partial charge is 0.264 e. The maximum absolute atomic E-state index is 12.4. The predicted molar refractivity (Wildman–Crippen MR) is 86.8 cm³/mol. The van der Waals surface area contributed by atoms with Crippen molar-refractivity contribution in [1.82, 2.24) is 10.2 Å². The summed E-state index contributed by atoms with van der Waals surface area (Å²) in [6.45, 7) is 4.91. The molecule has 0 radical (unpaired) electrons. The molecule has 1 aliphatic rings. The summed E-state index contributed by atoms with van der Waals surface area (Å²) < 4.78 is 0. The highest BCUT2D eigenvalue weighted by atomic mass is 32.1. The van der Waals surface area contributed by atoms with Crippen molar-refractivity contribution in [3.05, 3.63) is 22.4 Å². The number of thiophene rings is 1. The molecule has 1 aromatic rings. The molecule has 2 amide bonds. The minimum absolute atomic E-state index is 0.0512. The molecule has 6 heteroatoms. The Balaban J connectivity index is 1.90. The second-order valence-electron chi connectivity index (χ2n) is 6.07. The van der Waals surface area contributed by atoms with Crippen LogP contribution in [0.25, 0.3) is 0 Å². The Kier molecular flexibility index (Phi) is 5.97. The standard InChI is InChI=1S/C16H24N2O3S/c1-11(9-12(2)19)10-17-15(20)13-5-3-7-18(13)16(21)14-6-4-8-22-14/h4,6,8,11-13,19H,3,5,7,9-10H2,1-2H3,(H,17,20)/t11?,12?,13-/m0/s1. The summed E-state index contributed by atoms with van der Waals surface area (Å²) in [7, 11) is 0. The van der Waals surface area contributed by atoms with Crippen LogP contribution in [0.1, 0.15) is 42.8 Å². The number of hydrogen-bond donors (Lipinski definition) is 2. The molecule has 2 rings (SSSR count). The third-order valence-electron chi connectivity index (χ3n) is 3.92. The Bertz CT molecular complexity index is 501. The van der Waals surface area contributed by atoms with Crippen LogP contribution < -0.4 is 5.32 Å². The van der Waals surface area contributed by atoms with Crippen LogP contribution in [0.15, 0.2) is 17.5 Å². The lowest BCUT2D eigenvalue weighted by atomic mass is 10.0.